The van der Waals surface area contributed by atoms with Gasteiger partial charge in [-0.15, -0.1) is 0 Å². The minimum Gasteiger partial charge on any atom is -0.383 e. The first kappa shape index (κ1) is 9.09. The van der Waals surface area contributed by atoms with E-state index in [4.69, 9.17) is 18.0 Å². The average molecular weight is 202 g/mol. The molecule has 3 heteroatoms. The number of hydrogen-bond acceptors (Lipinski definition) is 2. The zero-order valence-corrected chi connectivity index (χ0v) is 8.64. The van der Waals surface area contributed by atoms with Crippen LogP contribution in [0.25, 0.3) is 6.08 Å². The standard InChI is InChI=1S/C11H10N2S/c1-7-2-4-8(5-3-7)6-9-10(12)13-11(9)14/h2-6H,1H3,(H2,12,13,14)/b9-6-. The van der Waals surface area contributed by atoms with Crippen LogP contribution in [0.5, 0.6) is 0 Å². The van der Waals surface area contributed by atoms with Crippen LogP contribution in [0.1, 0.15) is 11.1 Å². The molecular formula is C11H10N2S. The summed E-state index contributed by atoms with van der Waals surface area (Å²) in [5.41, 5.74) is 8.81. The van der Waals surface area contributed by atoms with Gasteiger partial charge in [-0.25, -0.2) is 4.99 Å². The predicted molar refractivity (Wildman–Crippen MR) is 63.4 cm³/mol. The first-order valence-corrected chi connectivity index (χ1v) is 4.75. The maximum Gasteiger partial charge on any atom is 0.139 e. The lowest BCUT2D eigenvalue weighted by molar-refractivity contribution is 1.46. The van der Waals surface area contributed by atoms with Crippen molar-refractivity contribution in [1.82, 2.24) is 0 Å². The maximum absolute atomic E-state index is 5.59. The van der Waals surface area contributed by atoms with Crippen molar-refractivity contribution in [3.05, 3.63) is 41.0 Å². The number of rotatable bonds is 1. The molecule has 2 rings (SSSR count). The van der Waals surface area contributed by atoms with E-state index in [1.54, 1.807) is 0 Å². The van der Waals surface area contributed by atoms with Crippen LogP contribution < -0.4 is 5.73 Å². The molecule has 0 fully saturated rings. The van der Waals surface area contributed by atoms with Gasteiger partial charge in [0.2, 0.25) is 0 Å². The Kier molecular flexibility index (Phi) is 2.17. The monoisotopic (exact) mass is 202 g/mol. The number of benzene rings is 1. The van der Waals surface area contributed by atoms with Crippen LogP contribution in [0, 0.1) is 6.92 Å². The topological polar surface area (TPSA) is 38.4 Å². The zero-order chi connectivity index (χ0) is 10.1. The van der Waals surface area contributed by atoms with E-state index in [2.05, 4.69) is 24.0 Å². The SMILES string of the molecule is Cc1ccc(/C=C2\C(=S)N=C2N)cc1. The van der Waals surface area contributed by atoms with Gasteiger partial charge in [0.15, 0.2) is 0 Å². The third-order valence-electron chi connectivity index (χ3n) is 2.12. The van der Waals surface area contributed by atoms with Crippen molar-refractivity contribution in [2.45, 2.75) is 6.92 Å². The minimum atomic E-state index is 0.538. The Morgan fingerprint density at radius 2 is 1.93 bits per heavy atom. The number of thiocarbonyl (C=S) groups is 1. The molecule has 2 N–H and O–H groups in total. The summed E-state index contributed by atoms with van der Waals surface area (Å²) in [5.74, 6) is 0.538. The van der Waals surface area contributed by atoms with Gasteiger partial charge >= 0.3 is 0 Å². The molecule has 0 aliphatic carbocycles. The molecule has 1 aromatic carbocycles. The molecule has 0 unspecified atom stereocenters. The van der Waals surface area contributed by atoms with E-state index in [-0.39, 0.29) is 0 Å². The predicted octanol–water partition coefficient (Wildman–Crippen LogP) is 2.08. The molecule has 1 aliphatic heterocycles. The second-order valence-corrected chi connectivity index (χ2v) is 3.66. The normalized spacial score (nSPS) is 17.9. The smallest absolute Gasteiger partial charge is 0.139 e. The zero-order valence-electron chi connectivity index (χ0n) is 7.82. The van der Waals surface area contributed by atoms with Gasteiger partial charge in [-0.3, -0.25) is 0 Å². The molecule has 2 nitrogen and oxygen atoms in total. The molecule has 0 spiro atoms. The maximum atomic E-state index is 5.59. The summed E-state index contributed by atoms with van der Waals surface area (Å²) in [7, 11) is 0. The lowest BCUT2D eigenvalue weighted by atomic mass is 10.1. The van der Waals surface area contributed by atoms with E-state index in [0.29, 0.717) is 10.8 Å². The molecule has 0 aromatic heterocycles. The fourth-order valence-electron chi connectivity index (χ4n) is 1.25. The van der Waals surface area contributed by atoms with Gasteiger partial charge in [0.1, 0.15) is 10.8 Å². The molecule has 0 radical (unpaired) electrons. The molecular weight excluding hydrogens is 192 g/mol. The van der Waals surface area contributed by atoms with Crippen molar-refractivity contribution >= 4 is 29.1 Å². The van der Waals surface area contributed by atoms with Crippen LogP contribution in [-0.4, -0.2) is 10.8 Å². The highest BCUT2D eigenvalue weighted by Gasteiger charge is 2.18. The largest absolute Gasteiger partial charge is 0.383 e. The highest BCUT2D eigenvalue weighted by atomic mass is 32.1. The van der Waals surface area contributed by atoms with Gasteiger partial charge in [-0.05, 0) is 18.6 Å². The number of hydrogen-bond donors (Lipinski definition) is 1. The second-order valence-electron chi connectivity index (χ2n) is 3.27. The summed E-state index contributed by atoms with van der Waals surface area (Å²) in [4.78, 5) is 4.48. The van der Waals surface area contributed by atoms with Crippen molar-refractivity contribution < 1.29 is 0 Å². The van der Waals surface area contributed by atoms with Crippen LogP contribution in [0.2, 0.25) is 0 Å². The molecule has 1 aromatic rings. The molecule has 70 valence electrons. The van der Waals surface area contributed by atoms with Gasteiger partial charge < -0.3 is 5.73 Å². The van der Waals surface area contributed by atoms with Crippen molar-refractivity contribution in [3.63, 3.8) is 0 Å². The molecule has 0 atom stereocenters. The Balaban J connectivity index is 2.31. The van der Waals surface area contributed by atoms with Crippen LogP contribution in [0.4, 0.5) is 0 Å². The summed E-state index contributed by atoms with van der Waals surface area (Å²) in [6, 6.07) is 8.19. The molecule has 0 saturated carbocycles. The highest BCUT2D eigenvalue weighted by Crippen LogP contribution is 2.16. The van der Waals surface area contributed by atoms with Gasteiger partial charge in [0.05, 0.1) is 5.57 Å². The van der Waals surface area contributed by atoms with E-state index in [9.17, 15) is 0 Å². The Morgan fingerprint density at radius 3 is 2.43 bits per heavy atom. The molecule has 0 saturated heterocycles. The quantitative estimate of drug-likeness (QED) is 0.559. The number of amidine groups is 1. The van der Waals surface area contributed by atoms with Crippen LogP contribution >= 0.6 is 12.2 Å². The molecule has 0 amide bonds. The number of nitrogens with zero attached hydrogens (tertiary/aromatic N) is 1. The lowest BCUT2D eigenvalue weighted by Crippen LogP contribution is -2.29. The van der Waals surface area contributed by atoms with Crippen LogP contribution in [-0.2, 0) is 0 Å². The second kappa shape index (κ2) is 3.35. The van der Waals surface area contributed by atoms with Gasteiger partial charge in [0.25, 0.3) is 0 Å². The number of aliphatic imine (C=N–C) groups is 1. The van der Waals surface area contributed by atoms with E-state index in [1.165, 1.54) is 5.56 Å². The van der Waals surface area contributed by atoms with Crippen LogP contribution in [0.3, 0.4) is 0 Å². The fourth-order valence-corrected chi connectivity index (χ4v) is 1.51. The summed E-state index contributed by atoms with van der Waals surface area (Å²) in [5, 5.41) is 0. The lowest BCUT2D eigenvalue weighted by Gasteiger charge is -2.14. The summed E-state index contributed by atoms with van der Waals surface area (Å²) in [6.07, 6.45) is 1.96. The Morgan fingerprint density at radius 1 is 1.29 bits per heavy atom. The molecule has 14 heavy (non-hydrogen) atoms. The van der Waals surface area contributed by atoms with Gasteiger partial charge in [-0.2, -0.15) is 0 Å². The van der Waals surface area contributed by atoms with Gasteiger partial charge in [-0.1, -0.05) is 42.0 Å². The van der Waals surface area contributed by atoms with Crippen molar-refractivity contribution in [2.75, 3.05) is 0 Å². The van der Waals surface area contributed by atoms with Crippen molar-refractivity contribution in [3.8, 4) is 0 Å². The molecule has 0 bridgehead atoms. The first-order valence-electron chi connectivity index (χ1n) is 4.34. The summed E-state index contributed by atoms with van der Waals surface area (Å²) >= 11 is 4.97. The third-order valence-corrected chi connectivity index (χ3v) is 2.43. The highest BCUT2D eigenvalue weighted by molar-refractivity contribution is 7.81. The fraction of sp³-hybridized carbons (Fsp3) is 0.0909. The average Bonchev–Trinajstić information content (AvgIpc) is 2.17. The van der Waals surface area contributed by atoms with E-state index in [1.807, 2.05) is 18.2 Å². The Bertz CT molecular complexity index is 441. The summed E-state index contributed by atoms with van der Waals surface area (Å²) in [6.45, 7) is 2.06. The number of nitrogens with two attached hydrogens (primary N) is 1. The van der Waals surface area contributed by atoms with E-state index in [0.717, 1.165) is 11.1 Å². The summed E-state index contributed by atoms with van der Waals surface area (Å²) < 4.78 is 0. The third kappa shape index (κ3) is 1.59. The minimum absolute atomic E-state index is 0.538. The number of aryl methyl sites for hydroxylation is 1. The molecule has 1 heterocycles. The Hall–Kier alpha value is -1.48. The van der Waals surface area contributed by atoms with Crippen LogP contribution in [0.15, 0.2) is 34.8 Å². The van der Waals surface area contributed by atoms with Crippen molar-refractivity contribution in [2.24, 2.45) is 10.7 Å². The van der Waals surface area contributed by atoms with Crippen molar-refractivity contribution in [1.29, 1.82) is 0 Å². The van der Waals surface area contributed by atoms with E-state index < -0.39 is 0 Å². The van der Waals surface area contributed by atoms with E-state index >= 15 is 0 Å². The van der Waals surface area contributed by atoms with Gasteiger partial charge in [0, 0.05) is 0 Å². The first-order chi connectivity index (χ1) is 6.66. The molecule has 1 aliphatic rings. The Labute approximate surface area is 88.2 Å².